The molecule has 0 aromatic rings. The fraction of sp³-hybridized carbons (Fsp3) is 0.857. The Balaban J connectivity index is 2.33. The minimum atomic E-state index is 0.203. The first-order valence-electron chi connectivity index (χ1n) is 3.85. The zero-order valence-electron chi connectivity index (χ0n) is 6.84. The summed E-state index contributed by atoms with van der Waals surface area (Å²) in [4.78, 5) is 15.3. The van der Waals surface area contributed by atoms with Crippen LogP contribution in [0.2, 0.25) is 0 Å². The summed E-state index contributed by atoms with van der Waals surface area (Å²) < 4.78 is 0. The summed E-state index contributed by atoms with van der Waals surface area (Å²) in [6.45, 7) is 3.75. The van der Waals surface area contributed by atoms with Gasteiger partial charge in [0.1, 0.15) is 0 Å². The van der Waals surface area contributed by atoms with Gasteiger partial charge in [0, 0.05) is 26.2 Å². The fourth-order valence-electron chi connectivity index (χ4n) is 1.17. The van der Waals surface area contributed by atoms with E-state index in [-0.39, 0.29) is 5.91 Å². The number of hydrogen-bond acceptors (Lipinski definition) is 2. The van der Waals surface area contributed by atoms with Crippen molar-refractivity contribution in [1.29, 1.82) is 0 Å². The maximum Gasteiger partial charge on any atom is 0.272 e. The molecular formula is C7H15N2OS+. The van der Waals surface area contributed by atoms with Gasteiger partial charge in [0.15, 0.2) is 5.75 Å². The zero-order chi connectivity index (χ0) is 8.27. The van der Waals surface area contributed by atoms with Gasteiger partial charge in [-0.1, -0.05) is 0 Å². The lowest BCUT2D eigenvalue weighted by Gasteiger charge is -2.31. The second kappa shape index (κ2) is 3.97. The van der Waals surface area contributed by atoms with Crippen LogP contribution in [0, 0.1) is 0 Å². The van der Waals surface area contributed by atoms with Gasteiger partial charge >= 0.3 is 0 Å². The summed E-state index contributed by atoms with van der Waals surface area (Å²) in [6.07, 6.45) is 0. The van der Waals surface area contributed by atoms with Gasteiger partial charge in [0.05, 0.1) is 0 Å². The Kier molecular flexibility index (Phi) is 3.20. The first-order valence-corrected chi connectivity index (χ1v) is 4.55. The maximum atomic E-state index is 11.1. The third-order valence-corrected chi connectivity index (χ3v) is 2.31. The summed E-state index contributed by atoms with van der Waals surface area (Å²) in [7, 11) is 2.08. The van der Waals surface area contributed by atoms with Crippen molar-refractivity contribution in [1.82, 2.24) is 9.80 Å². The normalized spacial score (nSPS) is 20.4. The van der Waals surface area contributed by atoms with Crippen LogP contribution in [0.5, 0.6) is 0 Å². The Morgan fingerprint density at radius 1 is 1.36 bits per heavy atom. The molecule has 0 saturated carbocycles. The first kappa shape index (κ1) is 8.87. The Bertz CT molecular complexity index is 143. The van der Waals surface area contributed by atoms with E-state index in [0.29, 0.717) is 5.75 Å². The highest BCUT2D eigenvalue weighted by Gasteiger charge is 2.18. The molecule has 0 spiro atoms. The second-order valence-corrected chi connectivity index (χ2v) is 3.21. The number of rotatable bonds is 1. The van der Waals surface area contributed by atoms with Crippen LogP contribution in [-0.4, -0.2) is 54.7 Å². The lowest BCUT2D eigenvalue weighted by Crippen LogP contribution is -2.47. The number of piperazine rings is 1. The molecule has 1 amide bonds. The number of likely N-dealkylation sites (N-methyl/N-ethyl adjacent to an activating group) is 1. The molecule has 4 heteroatoms. The summed E-state index contributed by atoms with van der Waals surface area (Å²) >= 11 is 3.21. The average Bonchev–Trinajstić information content (AvgIpc) is 2.05. The van der Waals surface area contributed by atoms with Gasteiger partial charge in [-0.3, -0.25) is 4.79 Å². The molecule has 0 aromatic heterocycles. The highest BCUT2D eigenvalue weighted by molar-refractivity contribution is 7.59. The maximum absolute atomic E-state index is 11.1. The van der Waals surface area contributed by atoms with E-state index in [0.717, 1.165) is 26.2 Å². The molecule has 0 unspecified atom stereocenters. The van der Waals surface area contributed by atoms with Crippen molar-refractivity contribution in [3.8, 4) is 0 Å². The Labute approximate surface area is 72.8 Å². The van der Waals surface area contributed by atoms with Crippen molar-refractivity contribution in [2.45, 2.75) is 0 Å². The van der Waals surface area contributed by atoms with Gasteiger partial charge in [-0.25, -0.2) is 0 Å². The summed E-state index contributed by atoms with van der Waals surface area (Å²) in [6, 6.07) is 0. The smallest absolute Gasteiger partial charge is 0.272 e. The van der Waals surface area contributed by atoms with E-state index in [1.807, 2.05) is 4.90 Å². The number of hydrogen-bond donors (Lipinski definition) is 0. The molecule has 0 radical (unpaired) electrons. The molecule has 1 heterocycles. The lowest BCUT2D eigenvalue weighted by molar-refractivity contribution is -0.129. The van der Waals surface area contributed by atoms with Crippen molar-refractivity contribution in [3.05, 3.63) is 0 Å². The topological polar surface area (TPSA) is 23.6 Å². The predicted molar refractivity (Wildman–Crippen MR) is 49.1 cm³/mol. The summed E-state index contributed by atoms with van der Waals surface area (Å²) in [5, 5.41) is 0. The van der Waals surface area contributed by atoms with Gasteiger partial charge in [-0.2, -0.15) is 0 Å². The quantitative estimate of drug-likeness (QED) is 0.466. The molecule has 64 valence electrons. The minimum absolute atomic E-state index is 0.203. The number of amides is 1. The fourth-order valence-corrected chi connectivity index (χ4v) is 1.39. The van der Waals surface area contributed by atoms with E-state index in [4.69, 9.17) is 0 Å². The SMILES string of the molecule is CN1CCN(C(=O)C[SH2+])CC1. The molecule has 0 bridgehead atoms. The minimum Gasteiger partial charge on any atom is -0.336 e. The van der Waals surface area contributed by atoms with Gasteiger partial charge in [0.2, 0.25) is 0 Å². The Morgan fingerprint density at radius 2 is 1.91 bits per heavy atom. The van der Waals surface area contributed by atoms with Crippen LogP contribution in [0.4, 0.5) is 0 Å². The number of carbonyl (C=O) groups is 1. The van der Waals surface area contributed by atoms with Crippen molar-refractivity contribution in [2.75, 3.05) is 39.0 Å². The Hall–Kier alpha value is -0.220. The van der Waals surface area contributed by atoms with E-state index < -0.39 is 0 Å². The molecular weight excluding hydrogens is 160 g/mol. The molecule has 3 nitrogen and oxygen atoms in total. The molecule has 0 atom stereocenters. The molecule has 0 aromatic carbocycles. The third kappa shape index (κ3) is 2.38. The monoisotopic (exact) mass is 175 g/mol. The van der Waals surface area contributed by atoms with Crippen LogP contribution < -0.4 is 0 Å². The van der Waals surface area contributed by atoms with Crippen molar-refractivity contribution in [2.24, 2.45) is 0 Å². The molecule has 11 heavy (non-hydrogen) atoms. The molecule has 1 fully saturated rings. The zero-order valence-corrected chi connectivity index (χ0v) is 7.84. The molecule has 0 aliphatic carbocycles. The number of nitrogens with zero attached hydrogens (tertiary/aromatic N) is 2. The molecule has 1 aliphatic rings. The molecule has 1 saturated heterocycles. The van der Waals surface area contributed by atoms with Crippen molar-refractivity contribution >= 4 is 18.5 Å². The number of carbonyl (C=O) groups excluding carboxylic acids is 1. The highest BCUT2D eigenvalue weighted by atomic mass is 32.1. The van der Waals surface area contributed by atoms with E-state index in [1.54, 1.807) is 0 Å². The highest BCUT2D eigenvalue weighted by Crippen LogP contribution is 1.98. The lowest BCUT2D eigenvalue weighted by atomic mass is 10.3. The van der Waals surface area contributed by atoms with Crippen LogP contribution in [0.15, 0.2) is 0 Å². The van der Waals surface area contributed by atoms with Crippen LogP contribution in [0.1, 0.15) is 0 Å². The van der Waals surface area contributed by atoms with Crippen molar-refractivity contribution in [3.63, 3.8) is 0 Å². The van der Waals surface area contributed by atoms with E-state index in [1.165, 1.54) is 0 Å². The second-order valence-electron chi connectivity index (χ2n) is 2.86. The molecule has 1 rings (SSSR count). The summed E-state index contributed by atoms with van der Waals surface area (Å²) in [5.74, 6) is 0.652. The third-order valence-electron chi connectivity index (χ3n) is 2.01. The average molecular weight is 175 g/mol. The standard InChI is InChI=1S/C7H14N2OS/c1-8-2-4-9(5-3-8)7(10)6-11/h11H,2-6H2,1H3/p+1. The first-order chi connectivity index (χ1) is 5.24. The van der Waals surface area contributed by atoms with Crippen LogP contribution in [-0.2, 0) is 17.4 Å². The van der Waals surface area contributed by atoms with E-state index in [9.17, 15) is 4.79 Å². The largest absolute Gasteiger partial charge is 0.336 e. The van der Waals surface area contributed by atoms with Crippen molar-refractivity contribution < 1.29 is 4.79 Å². The molecule has 0 N–H and O–H groups in total. The van der Waals surface area contributed by atoms with Gasteiger partial charge in [-0.05, 0) is 19.7 Å². The van der Waals surface area contributed by atoms with E-state index >= 15 is 0 Å². The van der Waals surface area contributed by atoms with Crippen LogP contribution in [0.25, 0.3) is 0 Å². The van der Waals surface area contributed by atoms with E-state index in [2.05, 4.69) is 24.6 Å². The predicted octanol–water partition coefficient (Wildman–Crippen LogP) is -1.23. The summed E-state index contributed by atoms with van der Waals surface area (Å²) in [5.41, 5.74) is 0. The van der Waals surface area contributed by atoms with Crippen LogP contribution >= 0.6 is 0 Å². The molecule has 1 aliphatic heterocycles. The van der Waals surface area contributed by atoms with Gasteiger partial charge in [-0.15, -0.1) is 0 Å². The van der Waals surface area contributed by atoms with Crippen LogP contribution in [0.3, 0.4) is 0 Å². The Morgan fingerprint density at radius 3 is 2.36 bits per heavy atom. The van der Waals surface area contributed by atoms with Gasteiger partial charge < -0.3 is 9.80 Å². The van der Waals surface area contributed by atoms with Gasteiger partial charge in [0.25, 0.3) is 5.91 Å².